The van der Waals surface area contributed by atoms with E-state index in [1.807, 2.05) is 0 Å². The van der Waals surface area contributed by atoms with E-state index in [9.17, 15) is 19.1 Å². The number of ketones is 1. The largest absolute Gasteiger partial charge is 0.507 e. The molecule has 1 fully saturated rings. The van der Waals surface area contributed by atoms with Crippen LogP contribution >= 0.6 is 11.6 Å². The second-order valence-electron chi connectivity index (χ2n) is 7.95. The fraction of sp³-hybridized carbons (Fsp3) is 0.185. The highest BCUT2D eigenvalue weighted by atomic mass is 35.5. The lowest BCUT2D eigenvalue weighted by Crippen LogP contribution is -2.29. The number of carbonyl (C=O) groups excluding carboxylic acids is 2. The van der Waals surface area contributed by atoms with E-state index in [4.69, 9.17) is 30.5 Å². The van der Waals surface area contributed by atoms with Gasteiger partial charge in [-0.2, -0.15) is 0 Å². The molecule has 1 saturated heterocycles. The Labute approximate surface area is 217 Å². The second kappa shape index (κ2) is 10.4. The highest BCUT2D eigenvalue weighted by molar-refractivity contribution is 6.52. The molecule has 0 bridgehead atoms. The van der Waals surface area contributed by atoms with Crippen molar-refractivity contribution in [3.63, 3.8) is 0 Å². The first-order valence-electron chi connectivity index (χ1n) is 11.0. The highest BCUT2D eigenvalue weighted by Gasteiger charge is 2.47. The number of aliphatic hydroxyl groups is 1. The van der Waals surface area contributed by atoms with Gasteiger partial charge < -0.3 is 24.1 Å². The predicted octanol–water partition coefficient (Wildman–Crippen LogP) is 5.14. The molecular formula is C27H23ClFNO7. The van der Waals surface area contributed by atoms with Crippen LogP contribution in [0.4, 0.5) is 10.1 Å². The molecule has 0 aliphatic carbocycles. The maximum absolute atomic E-state index is 13.7. The minimum Gasteiger partial charge on any atom is -0.507 e. The van der Waals surface area contributed by atoms with Crippen LogP contribution in [-0.2, 0) is 9.59 Å². The number of rotatable bonds is 7. The SMILES string of the molecule is COc1ccc(Cl)c(/C(O)=C2\C(=O)C(=O)N(c3ccc(F)cc3)C2c2cc(OC)c(OC)c(OC)c2)c1. The summed E-state index contributed by atoms with van der Waals surface area (Å²) < 4.78 is 35.2. The maximum atomic E-state index is 13.7. The van der Waals surface area contributed by atoms with Crippen LogP contribution in [-0.4, -0.2) is 45.2 Å². The van der Waals surface area contributed by atoms with E-state index in [2.05, 4.69) is 0 Å². The molecule has 0 spiro atoms. The quantitative estimate of drug-likeness (QED) is 0.258. The first kappa shape index (κ1) is 25.8. The zero-order valence-corrected chi connectivity index (χ0v) is 21.1. The molecule has 0 aromatic heterocycles. The number of hydrogen-bond donors (Lipinski definition) is 1. The number of carbonyl (C=O) groups is 2. The summed E-state index contributed by atoms with van der Waals surface area (Å²) in [5.41, 5.74) is 0.450. The van der Waals surface area contributed by atoms with Gasteiger partial charge in [-0.05, 0) is 60.2 Å². The van der Waals surface area contributed by atoms with Gasteiger partial charge >= 0.3 is 0 Å². The van der Waals surface area contributed by atoms with Crippen LogP contribution < -0.4 is 23.8 Å². The maximum Gasteiger partial charge on any atom is 0.300 e. The highest BCUT2D eigenvalue weighted by Crippen LogP contribution is 2.47. The number of benzene rings is 3. The molecule has 1 aliphatic rings. The number of methoxy groups -OCH3 is 4. The van der Waals surface area contributed by atoms with Crippen LogP contribution in [0.3, 0.4) is 0 Å². The number of hydrogen-bond acceptors (Lipinski definition) is 7. The van der Waals surface area contributed by atoms with Gasteiger partial charge in [0.15, 0.2) is 11.5 Å². The average molecular weight is 528 g/mol. The number of anilines is 1. The molecule has 3 aromatic carbocycles. The minimum absolute atomic E-state index is 0.0931. The van der Waals surface area contributed by atoms with Crippen LogP contribution in [0.15, 0.2) is 60.2 Å². The third-order valence-electron chi connectivity index (χ3n) is 5.98. The van der Waals surface area contributed by atoms with Crippen molar-refractivity contribution in [2.75, 3.05) is 33.3 Å². The lowest BCUT2D eigenvalue weighted by molar-refractivity contribution is -0.132. The van der Waals surface area contributed by atoms with Crippen molar-refractivity contribution in [2.24, 2.45) is 0 Å². The van der Waals surface area contributed by atoms with Gasteiger partial charge in [0, 0.05) is 11.3 Å². The van der Waals surface area contributed by atoms with E-state index in [-0.39, 0.29) is 33.3 Å². The molecule has 10 heteroatoms. The van der Waals surface area contributed by atoms with Crippen molar-refractivity contribution < 1.29 is 38.0 Å². The van der Waals surface area contributed by atoms with Crippen LogP contribution in [0.5, 0.6) is 23.0 Å². The number of ether oxygens (including phenoxy) is 4. The summed E-state index contributed by atoms with van der Waals surface area (Å²) >= 11 is 6.35. The van der Waals surface area contributed by atoms with Crippen molar-refractivity contribution in [3.05, 3.63) is 82.1 Å². The van der Waals surface area contributed by atoms with Gasteiger partial charge in [-0.1, -0.05) is 11.6 Å². The Morgan fingerprint density at radius 1 is 0.892 bits per heavy atom. The van der Waals surface area contributed by atoms with Crippen molar-refractivity contribution in [2.45, 2.75) is 6.04 Å². The van der Waals surface area contributed by atoms with E-state index in [0.717, 1.165) is 0 Å². The number of amides is 1. The van der Waals surface area contributed by atoms with Gasteiger partial charge in [-0.15, -0.1) is 0 Å². The molecule has 8 nitrogen and oxygen atoms in total. The fourth-order valence-corrected chi connectivity index (χ4v) is 4.44. The van der Waals surface area contributed by atoms with Gasteiger partial charge in [0.1, 0.15) is 17.3 Å². The monoisotopic (exact) mass is 527 g/mol. The van der Waals surface area contributed by atoms with Crippen molar-refractivity contribution >= 4 is 34.7 Å². The van der Waals surface area contributed by atoms with Gasteiger partial charge in [-0.25, -0.2) is 4.39 Å². The molecule has 1 heterocycles. The van der Waals surface area contributed by atoms with Gasteiger partial charge in [0.25, 0.3) is 11.7 Å². The van der Waals surface area contributed by atoms with Crippen LogP contribution in [0, 0.1) is 5.82 Å². The Morgan fingerprint density at radius 2 is 1.51 bits per heavy atom. The Morgan fingerprint density at radius 3 is 2.05 bits per heavy atom. The minimum atomic E-state index is -1.15. The Kier molecular flexibility index (Phi) is 7.26. The van der Waals surface area contributed by atoms with E-state index in [0.29, 0.717) is 17.1 Å². The van der Waals surface area contributed by atoms with E-state index < -0.39 is 29.3 Å². The average Bonchev–Trinajstić information content (AvgIpc) is 3.18. The molecule has 0 radical (unpaired) electrons. The molecule has 1 N–H and O–H groups in total. The third kappa shape index (κ3) is 4.53. The van der Waals surface area contributed by atoms with E-state index >= 15 is 0 Å². The zero-order valence-electron chi connectivity index (χ0n) is 20.4. The summed E-state index contributed by atoms with van der Waals surface area (Å²) in [4.78, 5) is 27.9. The van der Waals surface area contributed by atoms with E-state index in [1.165, 1.54) is 69.7 Å². The smallest absolute Gasteiger partial charge is 0.300 e. The second-order valence-corrected chi connectivity index (χ2v) is 8.36. The summed E-state index contributed by atoms with van der Waals surface area (Å²) in [7, 11) is 5.73. The first-order chi connectivity index (χ1) is 17.7. The first-order valence-corrected chi connectivity index (χ1v) is 11.3. The number of Topliss-reactive ketones (excluding diaryl/α,β-unsaturated/α-hetero) is 1. The molecule has 37 heavy (non-hydrogen) atoms. The van der Waals surface area contributed by atoms with E-state index in [1.54, 1.807) is 18.2 Å². The number of aliphatic hydroxyl groups excluding tert-OH is 1. The fourth-order valence-electron chi connectivity index (χ4n) is 4.23. The van der Waals surface area contributed by atoms with Crippen molar-refractivity contribution in [1.29, 1.82) is 0 Å². The Hall–Kier alpha value is -4.24. The molecule has 0 saturated carbocycles. The summed E-state index contributed by atoms with van der Waals surface area (Å²) in [6.45, 7) is 0. The molecule has 3 aromatic rings. The Bertz CT molecular complexity index is 1380. The topological polar surface area (TPSA) is 94.5 Å². The summed E-state index contributed by atoms with van der Waals surface area (Å²) in [5.74, 6) is -1.71. The summed E-state index contributed by atoms with van der Waals surface area (Å²) in [5, 5.41) is 11.5. The standard InChI is InChI=1S/C27H23ClFNO7/c1-34-17-9-10-19(28)18(13-17)24(31)22-23(14-11-20(35-2)26(37-4)21(12-14)36-3)30(27(33)25(22)32)16-7-5-15(29)6-8-16/h5-13,23,31H,1-4H3/b24-22+. The normalized spacial score (nSPS) is 16.6. The van der Waals surface area contributed by atoms with Gasteiger partial charge in [-0.3, -0.25) is 14.5 Å². The molecule has 1 unspecified atom stereocenters. The lowest BCUT2D eigenvalue weighted by atomic mass is 9.94. The molecule has 1 atom stereocenters. The molecule has 1 amide bonds. The van der Waals surface area contributed by atoms with Crippen molar-refractivity contribution in [1.82, 2.24) is 0 Å². The molecule has 1 aliphatic heterocycles. The third-order valence-corrected chi connectivity index (χ3v) is 6.31. The molecule has 192 valence electrons. The van der Waals surface area contributed by atoms with Crippen molar-refractivity contribution in [3.8, 4) is 23.0 Å². The number of halogens is 2. The Balaban J connectivity index is 2.04. The van der Waals surface area contributed by atoms with Crippen LogP contribution in [0.1, 0.15) is 17.2 Å². The predicted molar refractivity (Wildman–Crippen MR) is 135 cm³/mol. The number of nitrogens with zero attached hydrogens (tertiary/aromatic N) is 1. The lowest BCUT2D eigenvalue weighted by Gasteiger charge is -2.26. The molecule has 4 rings (SSSR count). The van der Waals surface area contributed by atoms with Gasteiger partial charge in [0.05, 0.1) is 45.1 Å². The van der Waals surface area contributed by atoms with Crippen LogP contribution in [0.2, 0.25) is 5.02 Å². The zero-order chi connectivity index (χ0) is 26.9. The van der Waals surface area contributed by atoms with Gasteiger partial charge in [0.2, 0.25) is 5.75 Å². The van der Waals surface area contributed by atoms with Crippen LogP contribution in [0.25, 0.3) is 5.76 Å². The summed E-state index contributed by atoms with van der Waals surface area (Å²) in [6, 6.07) is 11.6. The summed E-state index contributed by atoms with van der Waals surface area (Å²) in [6.07, 6.45) is 0. The molecular weight excluding hydrogens is 505 g/mol.